The van der Waals surface area contributed by atoms with Crippen molar-refractivity contribution in [2.24, 2.45) is 7.05 Å². The van der Waals surface area contributed by atoms with E-state index in [0.717, 1.165) is 11.0 Å². The summed E-state index contributed by atoms with van der Waals surface area (Å²) < 4.78 is 1.65. The molecule has 0 unspecified atom stereocenters. The zero-order valence-corrected chi connectivity index (χ0v) is 7.21. The van der Waals surface area contributed by atoms with E-state index in [1.54, 1.807) is 10.9 Å². The van der Waals surface area contributed by atoms with Gasteiger partial charge in [0.25, 0.3) is 0 Å². The number of nitrogen functional groups attached to an aromatic ring is 1. The molecule has 2 heterocycles. The van der Waals surface area contributed by atoms with Gasteiger partial charge < -0.3 is 5.73 Å². The number of rotatable bonds is 0. The fourth-order valence-electron chi connectivity index (χ4n) is 1.08. The van der Waals surface area contributed by atoms with Gasteiger partial charge in [0.05, 0.1) is 28.5 Å². The van der Waals surface area contributed by atoms with E-state index >= 15 is 0 Å². The lowest BCUT2D eigenvalue weighted by molar-refractivity contribution is 0.786. The van der Waals surface area contributed by atoms with Crippen molar-refractivity contribution in [1.82, 2.24) is 14.8 Å². The van der Waals surface area contributed by atoms with E-state index in [1.165, 1.54) is 6.20 Å². The van der Waals surface area contributed by atoms with Crippen LogP contribution in [0.2, 0.25) is 5.02 Å². The Hall–Kier alpha value is -1.29. The third-order valence-corrected chi connectivity index (χ3v) is 2.15. The van der Waals surface area contributed by atoms with Gasteiger partial charge in [0.15, 0.2) is 5.65 Å². The first-order chi connectivity index (χ1) is 5.70. The van der Waals surface area contributed by atoms with Crippen LogP contribution in [0.15, 0.2) is 12.4 Å². The van der Waals surface area contributed by atoms with Crippen molar-refractivity contribution < 1.29 is 0 Å². The van der Waals surface area contributed by atoms with E-state index < -0.39 is 0 Å². The number of aryl methyl sites for hydroxylation is 1. The Labute approximate surface area is 73.9 Å². The van der Waals surface area contributed by atoms with Crippen LogP contribution in [0.4, 0.5) is 5.69 Å². The highest BCUT2D eigenvalue weighted by molar-refractivity contribution is 6.37. The van der Waals surface area contributed by atoms with Crippen molar-refractivity contribution in [2.45, 2.75) is 0 Å². The van der Waals surface area contributed by atoms with Gasteiger partial charge in [0.1, 0.15) is 0 Å². The normalized spacial score (nSPS) is 10.8. The van der Waals surface area contributed by atoms with Crippen molar-refractivity contribution >= 4 is 28.3 Å². The Morgan fingerprint density at radius 3 is 3.00 bits per heavy atom. The summed E-state index contributed by atoms with van der Waals surface area (Å²) in [5.41, 5.74) is 6.79. The zero-order chi connectivity index (χ0) is 8.72. The van der Waals surface area contributed by atoms with Crippen LogP contribution in [0.5, 0.6) is 0 Å². The number of nitrogens with zero attached hydrogens (tertiary/aromatic N) is 3. The molecule has 2 rings (SSSR count). The molecule has 0 aliphatic carbocycles. The number of nitrogens with two attached hydrogens (primary N) is 1. The van der Waals surface area contributed by atoms with Crippen LogP contribution in [0.3, 0.4) is 0 Å². The molecule has 0 saturated carbocycles. The van der Waals surface area contributed by atoms with Crippen LogP contribution in [0.25, 0.3) is 11.0 Å². The number of hydrogen-bond acceptors (Lipinski definition) is 3. The maximum Gasteiger partial charge on any atom is 0.159 e. The van der Waals surface area contributed by atoms with Gasteiger partial charge in [-0.1, -0.05) is 11.6 Å². The molecule has 0 aromatic carbocycles. The first-order valence-corrected chi connectivity index (χ1v) is 3.79. The lowest BCUT2D eigenvalue weighted by Gasteiger charge is -1.97. The van der Waals surface area contributed by atoms with Gasteiger partial charge in [-0.25, -0.2) is 4.98 Å². The smallest absolute Gasteiger partial charge is 0.159 e. The van der Waals surface area contributed by atoms with Crippen LogP contribution in [0, 0.1) is 0 Å². The molecule has 0 radical (unpaired) electrons. The predicted molar refractivity (Wildman–Crippen MR) is 47.9 cm³/mol. The summed E-state index contributed by atoms with van der Waals surface area (Å²) >= 11 is 5.92. The molecule has 0 atom stereocenters. The quantitative estimate of drug-likeness (QED) is 0.666. The third-order valence-electron chi connectivity index (χ3n) is 1.72. The van der Waals surface area contributed by atoms with Crippen LogP contribution in [0.1, 0.15) is 0 Å². The minimum absolute atomic E-state index is 0.483. The molecule has 0 aliphatic rings. The van der Waals surface area contributed by atoms with Crippen molar-refractivity contribution in [3.8, 4) is 0 Å². The lowest BCUT2D eigenvalue weighted by Crippen LogP contribution is -1.93. The summed E-state index contributed by atoms with van der Waals surface area (Å²) in [4.78, 5) is 4.09. The molecular weight excluding hydrogens is 176 g/mol. The Morgan fingerprint density at radius 2 is 2.25 bits per heavy atom. The highest BCUT2D eigenvalue weighted by atomic mass is 35.5. The van der Waals surface area contributed by atoms with Crippen LogP contribution in [-0.4, -0.2) is 14.8 Å². The van der Waals surface area contributed by atoms with Crippen LogP contribution in [-0.2, 0) is 7.05 Å². The highest BCUT2D eigenvalue weighted by Gasteiger charge is 2.06. The van der Waals surface area contributed by atoms with E-state index in [-0.39, 0.29) is 0 Å². The molecule has 0 fully saturated rings. The topological polar surface area (TPSA) is 56.7 Å². The fraction of sp³-hybridized carbons (Fsp3) is 0.143. The van der Waals surface area contributed by atoms with Gasteiger partial charge in [0, 0.05) is 7.05 Å². The maximum atomic E-state index is 5.92. The first kappa shape index (κ1) is 7.36. The standard InChI is InChI=1S/C7H7ClN4/c1-12-7-4(2-11-12)6(8)5(9)3-10-7/h2-3H,9H2,1H3. The second kappa shape index (κ2) is 2.35. The molecule has 0 amide bonds. The van der Waals surface area contributed by atoms with E-state index in [9.17, 15) is 0 Å². The molecule has 5 heteroatoms. The lowest BCUT2D eigenvalue weighted by atomic mass is 10.3. The second-order valence-corrected chi connectivity index (χ2v) is 2.91. The number of aromatic nitrogens is 3. The summed E-state index contributed by atoms with van der Waals surface area (Å²) in [6, 6.07) is 0. The van der Waals surface area contributed by atoms with Crippen molar-refractivity contribution in [3.63, 3.8) is 0 Å². The molecule has 2 aromatic heterocycles. The Bertz CT molecular complexity index is 434. The molecule has 62 valence electrons. The average Bonchev–Trinajstić information content (AvgIpc) is 2.41. The summed E-state index contributed by atoms with van der Waals surface area (Å²) in [5.74, 6) is 0. The molecular formula is C7H7ClN4. The van der Waals surface area contributed by atoms with E-state index in [0.29, 0.717) is 10.7 Å². The number of anilines is 1. The van der Waals surface area contributed by atoms with E-state index in [2.05, 4.69) is 10.1 Å². The molecule has 0 aliphatic heterocycles. The minimum atomic E-state index is 0.483. The molecule has 12 heavy (non-hydrogen) atoms. The molecule has 2 aromatic rings. The summed E-state index contributed by atoms with van der Waals surface area (Å²) in [6.45, 7) is 0. The van der Waals surface area contributed by atoms with Gasteiger partial charge >= 0.3 is 0 Å². The van der Waals surface area contributed by atoms with Gasteiger partial charge in [-0.15, -0.1) is 0 Å². The highest BCUT2D eigenvalue weighted by Crippen LogP contribution is 2.26. The van der Waals surface area contributed by atoms with Crippen molar-refractivity contribution in [1.29, 1.82) is 0 Å². The van der Waals surface area contributed by atoms with Gasteiger partial charge in [-0.3, -0.25) is 4.68 Å². The molecule has 0 saturated heterocycles. The monoisotopic (exact) mass is 182 g/mol. The number of hydrogen-bond donors (Lipinski definition) is 1. The van der Waals surface area contributed by atoms with Crippen LogP contribution >= 0.6 is 11.6 Å². The Kier molecular flexibility index (Phi) is 1.44. The number of halogens is 1. The maximum absolute atomic E-state index is 5.92. The first-order valence-electron chi connectivity index (χ1n) is 3.42. The van der Waals surface area contributed by atoms with Gasteiger partial charge in [-0.05, 0) is 0 Å². The summed E-state index contributed by atoms with van der Waals surface area (Å²) in [6.07, 6.45) is 3.19. The van der Waals surface area contributed by atoms with Crippen LogP contribution < -0.4 is 5.73 Å². The largest absolute Gasteiger partial charge is 0.396 e. The number of pyridine rings is 1. The van der Waals surface area contributed by atoms with Crippen molar-refractivity contribution in [3.05, 3.63) is 17.4 Å². The molecule has 2 N–H and O–H groups in total. The third kappa shape index (κ3) is 0.848. The SMILES string of the molecule is Cn1ncc2c(Cl)c(N)cnc21. The molecule has 0 bridgehead atoms. The zero-order valence-electron chi connectivity index (χ0n) is 6.45. The molecule has 4 nitrogen and oxygen atoms in total. The second-order valence-electron chi connectivity index (χ2n) is 2.53. The van der Waals surface area contributed by atoms with Gasteiger partial charge in [0.2, 0.25) is 0 Å². The average molecular weight is 183 g/mol. The fourth-order valence-corrected chi connectivity index (χ4v) is 1.26. The minimum Gasteiger partial charge on any atom is -0.396 e. The van der Waals surface area contributed by atoms with E-state index in [4.69, 9.17) is 17.3 Å². The van der Waals surface area contributed by atoms with Crippen molar-refractivity contribution in [2.75, 3.05) is 5.73 Å². The summed E-state index contributed by atoms with van der Waals surface area (Å²) in [5, 5.41) is 5.32. The number of fused-ring (bicyclic) bond motifs is 1. The summed E-state index contributed by atoms with van der Waals surface area (Å²) in [7, 11) is 1.81. The van der Waals surface area contributed by atoms with E-state index in [1.807, 2.05) is 7.05 Å². The Balaban J connectivity index is 2.93. The molecule has 0 spiro atoms. The van der Waals surface area contributed by atoms with Gasteiger partial charge in [-0.2, -0.15) is 5.10 Å². The Morgan fingerprint density at radius 1 is 1.50 bits per heavy atom. The predicted octanol–water partition coefficient (Wildman–Crippen LogP) is 1.20.